The van der Waals surface area contributed by atoms with Gasteiger partial charge in [0.1, 0.15) is 5.54 Å². The predicted octanol–water partition coefficient (Wildman–Crippen LogP) is 4.90. The number of halogens is 1. The lowest BCUT2D eigenvalue weighted by atomic mass is 9.87. The zero-order valence-electron chi connectivity index (χ0n) is 21.1. The minimum atomic E-state index is -0.830. The highest BCUT2D eigenvalue weighted by atomic mass is 79.9. The molecule has 3 aromatic rings. The molecule has 0 aromatic heterocycles. The van der Waals surface area contributed by atoms with E-state index in [1.165, 1.54) is 4.90 Å². The lowest BCUT2D eigenvalue weighted by molar-refractivity contribution is -0.133. The van der Waals surface area contributed by atoms with Crippen molar-refractivity contribution in [3.8, 4) is 0 Å². The molecule has 2 saturated heterocycles. The SMILES string of the molecule is O=C(N[C@@H](CCN1CCC2(CC1)NC(=O)N(Cc1ccc(Br)cc1)C2=O)c1ccccc1)c1ccccc1. The summed E-state index contributed by atoms with van der Waals surface area (Å²) >= 11 is 3.42. The summed E-state index contributed by atoms with van der Waals surface area (Å²) in [4.78, 5) is 42.6. The summed E-state index contributed by atoms with van der Waals surface area (Å²) in [5, 5.41) is 6.20. The third kappa shape index (κ3) is 5.81. The molecule has 0 saturated carbocycles. The van der Waals surface area contributed by atoms with Gasteiger partial charge in [0.05, 0.1) is 12.6 Å². The number of urea groups is 1. The Bertz CT molecular complexity index is 1280. The number of nitrogens with zero attached hydrogens (tertiary/aromatic N) is 2. The lowest BCUT2D eigenvalue weighted by Crippen LogP contribution is -2.55. The van der Waals surface area contributed by atoms with E-state index in [0.29, 0.717) is 31.5 Å². The number of carbonyl (C=O) groups is 3. The van der Waals surface area contributed by atoms with E-state index in [2.05, 4.69) is 31.5 Å². The van der Waals surface area contributed by atoms with Crippen molar-refractivity contribution in [2.45, 2.75) is 37.4 Å². The Morgan fingerprint density at radius 1 is 0.921 bits per heavy atom. The summed E-state index contributed by atoms with van der Waals surface area (Å²) in [6.07, 6.45) is 1.88. The number of amides is 4. The molecule has 2 fully saturated rings. The van der Waals surface area contributed by atoms with E-state index in [1.807, 2.05) is 84.9 Å². The molecule has 0 unspecified atom stereocenters. The minimum Gasteiger partial charge on any atom is -0.345 e. The number of rotatable bonds is 8. The summed E-state index contributed by atoms with van der Waals surface area (Å²) in [7, 11) is 0. The predicted molar refractivity (Wildman–Crippen MR) is 149 cm³/mol. The Balaban J connectivity index is 1.19. The van der Waals surface area contributed by atoms with Crippen molar-refractivity contribution in [1.29, 1.82) is 0 Å². The van der Waals surface area contributed by atoms with Gasteiger partial charge in [-0.2, -0.15) is 0 Å². The van der Waals surface area contributed by atoms with Crippen LogP contribution in [0.1, 0.15) is 46.8 Å². The van der Waals surface area contributed by atoms with E-state index in [0.717, 1.165) is 28.6 Å². The van der Waals surface area contributed by atoms with Gasteiger partial charge in [0, 0.05) is 29.7 Å². The highest BCUT2D eigenvalue weighted by molar-refractivity contribution is 9.10. The normalized spacial score (nSPS) is 17.9. The summed E-state index contributed by atoms with van der Waals surface area (Å²) in [6, 6.07) is 26.4. The van der Waals surface area contributed by atoms with Crippen molar-refractivity contribution in [1.82, 2.24) is 20.4 Å². The van der Waals surface area contributed by atoms with Crippen molar-refractivity contribution in [2.24, 2.45) is 0 Å². The van der Waals surface area contributed by atoms with E-state index in [-0.39, 0.29) is 30.4 Å². The summed E-state index contributed by atoms with van der Waals surface area (Å²) in [6.45, 7) is 2.44. The second-order valence-corrected chi connectivity index (χ2v) is 10.9. The van der Waals surface area contributed by atoms with Crippen LogP contribution in [0, 0.1) is 0 Å². The van der Waals surface area contributed by atoms with Gasteiger partial charge < -0.3 is 15.5 Å². The van der Waals surface area contributed by atoms with Crippen LogP contribution in [0.5, 0.6) is 0 Å². The van der Waals surface area contributed by atoms with E-state index in [1.54, 1.807) is 0 Å². The maximum Gasteiger partial charge on any atom is 0.325 e. The summed E-state index contributed by atoms with van der Waals surface area (Å²) < 4.78 is 0.955. The summed E-state index contributed by atoms with van der Waals surface area (Å²) in [5.74, 6) is -0.232. The van der Waals surface area contributed by atoms with Gasteiger partial charge in [-0.25, -0.2) is 4.79 Å². The number of nitrogens with one attached hydrogen (secondary N) is 2. The quantitative estimate of drug-likeness (QED) is 0.375. The van der Waals surface area contributed by atoms with Crippen LogP contribution >= 0.6 is 15.9 Å². The number of benzene rings is 3. The molecule has 38 heavy (non-hydrogen) atoms. The smallest absolute Gasteiger partial charge is 0.325 e. The number of hydrogen-bond acceptors (Lipinski definition) is 4. The second-order valence-electron chi connectivity index (χ2n) is 9.96. The van der Waals surface area contributed by atoms with Gasteiger partial charge >= 0.3 is 6.03 Å². The molecule has 4 amide bonds. The standard InChI is InChI=1S/C30H31BrN4O3/c31-25-13-11-22(12-14-25)21-35-28(37)30(33-29(35)38)16-19-34(20-17-30)18-15-26(23-7-3-1-4-8-23)32-27(36)24-9-5-2-6-10-24/h1-14,26H,15-21H2,(H,32,36)(H,33,38)/t26-/m0/s1. The van der Waals surface area contributed by atoms with Crippen molar-refractivity contribution in [3.05, 3.63) is 106 Å². The maximum atomic E-state index is 13.3. The molecule has 5 rings (SSSR count). The van der Waals surface area contributed by atoms with Gasteiger partial charge in [-0.15, -0.1) is 0 Å². The van der Waals surface area contributed by atoms with Gasteiger partial charge in [0.25, 0.3) is 11.8 Å². The van der Waals surface area contributed by atoms with Gasteiger partial charge in [-0.1, -0.05) is 76.6 Å². The van der Waals surface area contributed by atoms with Crippen LogP contribution in [0.25, 0.3) is 0 Å². The molecule has 2 N–H and O–H groups in total. The average Bonchev–Trinajstić information content (AvgIpc) is 3.17. The van der Waals surface area contributed by atoms with Gasteiger partial charge in [-0.3, -0.25) is 14.5 Å². The number of likely N-dealkylation sites (tertiary alicyclic amines) is 1. The van der Waals surface area contributed by atoms with Crippen LogP contribution in [0.3, 0.4) is 0 Å². The molecule has 0 aliphatic carbocycles. The Morgan fingerprint density at radius 3 is 2.21 bits per heavy atom. The lowest BCUT2D eigenvalue weighted by Gasteiger charge is -2.37. The first-order valence-electron chi connectivity index (χ1n) is 13.0. The Labute approximate surface area is 231 Å². The Kier molecular flexibility index (Phi) is 7.90. The van der Waals surface area contributed by atoms with Crippen molar-refractivity contribution in [3.63, 3.8) is 0 Å². The monoisotopic (exact) mass is 574 g/mol. The fraction of sp³-hybridized carbons (Fsp3) is 0.300. The molecule has 3 aromatic carbocycles. The molecule has 7 nitrogen and oxygen atoms in total. The van der Waals surface area contributed by atoms with Crippen LogP contribution in [0.2, 0.25) is 0 Å². The third-order valence-electron chi connectivity index (χ3n) is 7.49. The molecule has 0 bridgehead atoms. The number of carbonyl (C=O) groups excluding carboxylic acids is 3. The topological polar surface area (TPSA) is 81.8 Å². The summed E-state index contributed by atoms with van der Waals surface area (Å²) in [5.41, 5.74) is 1.78. The first-order valence-corrected chi connectivity index (χ1v) is 13.7. The molecule has 1 spiro atoms. The van der Waals surface area contributed by atoms with Crippen LogP contribution < -0.4 is 10.6 Å². The van der Waals surface area contributed by atoms with E-state index in [4.69, 9.17) is 0 Å². The van der Waals surface area contributed by atoms with Crippen LogP contribution in [0.15, 0.2) is 89.4 Å². The Morgan fingerprint density at radius 2 is 1.55 bits per heavy atom. The second kappa shape index (κ2) is 11.5. The van der Waals surface area contributed by atoms with Gasteiger partial charge in [-0.05, 0) is 54.7 Å². The third-order valence-corrected chi connectivity index (χ3v) is 8.02. The van der Waals surface area contributed by atoms with Crippen LogP contribution in [-0.4, -0.2) is 52.8 Å². The Hall–Kier alpha value is -3.49. The van der Waals surface area contributed by atoms with Crippen LogP contribution in [0.4, 0.5) is 4.79 Å². The zero-order valence-corrected chi connectivity index (χ0v) is 22.7. The maximum absolute atomic E-state index is 13.3. The molecule has 2 aliphatic heterocycles. The van der Waals surface area contributed by atoms with Crippen molar-refractivity contribution >= 4 is 33.8 Å². The average molecular weight is 576 g/mol. The highest BCUT2D eigenvalue weighted by Gasteiger charge is 2.52. The van der Waals surface area contributed by atoms with Crippen LogP contribution in [-0.2, 0) is 11.3 Å². The van der Waals surface area contributed by atoms with E-state index in [9.17, 15) is 14.4 Å². The molecular formula is C30H31BrN4O3. The molecule has 2 heterocycles. The number of hydrogen-bond donors (Lipinski definition) is 2. The fourth-order valence-corrected chi connectivity index (χ4v) is 5.50. The first-order chi connectivity index (χ1) is 18.4. The molecule has 0 radical (unpaired) electrons. The van der Waals surface area contributed by atoms with Gasteiger partial charge in [0.15, 0.2) is 0 Å². The molecule has 1 atom stereocenters. The highest BCUT2D eigenvalue weighted by Crippen LogP contribution is 2.31. The van der Waals surface area contributed by atoms with E-state index >= 15 is 0 Å². The fourth-order valence-electron chi connectivity index (χ4n) is 5.24. The molecule has 2 aliphatic rings. The minimum absolute atomic E-state index is 0.0952. The first kappa shape index (κ1) is 26.1. The van der Waals surface area contributed by atoms with E-state index < -0.39 is 5.54 Å². The van der Waals surface area contributed by atoms with Crippen molar-refractivity contribution in [2.75, 3.05) is 19.6 Å². The molecular weight excluding hydrogens is 544 g/mol. The number of imide groups is 1. The molecule has 196 valence electrons. The van der Waals surface area contributed by atoms with Crippen molar-refractivity contribution < 1.29 is 14.4 Å². The van der Waals surface area contributed by atoms with Gasteiger partial charge in [0.2, 0.25) is 0 Å². The molecule has 8 heteroatoms. The zero-order chi connectivity index (χ0) is 26.5. The number of piperidine rings is 1. The largest absolute Gasteiger partial charge is 0.345 e.